The number of pyridine rings is 1. The van der Waals surface area contributed by atoms with E-state index in [-0.39, 0.29) is 23.8 Å². The van der Waals surface area contributed by atoms with Crippen molar-refractivity contribution in [2.75, 3.05) is 0 Å². The first-order chi connectivity index (χ1) is 10.4. The molecule has 1 N–H and O–H groups in total. The smallest absolute Gasteiger partial charge is 0.228 e. The Bertz CT molecular complexity index is 633. The van der Waals surface area contributed by atoms with Crippen molar-refractivity contribution in [3.05, 3.63) is 47.5 Å². The minimum atomic E-state index is -0.178. The number of nitrogens with one attached hydrogen (secondary N) is 1. The molecule has 1 amide bonds. The van der Waals surface area contributed by atoms with E-state index in [9.17, 15) is 4.79 Å². The molecule has 0 saturated carbocycles. The highest BCUT2D eigenvalue weighted by Gasteiger charge is 2.26. The van der Waals surface area contributed by atoms with Crippen molar-refractivity contribution in [2.24, 2.45) is 13.0 Å². The molecule has 22 heavy (non-hydrogen) atoms. The van der Waals surface area contributed by atoms with Crippen molar-refractivity contribution in [3.8, 4) is 0 Å². The molecular weight excluding hydrogens is 276 g/mol. The van der Waals surface area contributed by atoms with E-state index in [2.05, 4.69) is 29.2 Å². The molecule has 2 heterocycles. The number of hydrogen-bond acceptors (Lipinski definition) is 3. The van der Waals surface area contributed by atoms with Gasteiger partial charge in [0.05, 0.1) is 17.7 Å². The van der Waals surface area contributed by atoms with Crippen LogP contribution < -0.4 is 5.32 Å². The van der Waals surface area contributed by atoms with Crippen LogP contribution in [-0.4, -0.2) is 20.7 Å². The molecule has 0 aromatic carbocycles. The Labute approximate surface area is 131 Å². The molecule has 5 heteroatoms. The van der Waals surface area contributed by atoms with Gasteiger partial charge in [-0.1, -0.05) is 13.8 Å². The lowest BCUT2D eigenvalue weighted by molar-refractivity contribution is -0.124. The van der Waals surface area contributed by atoms with Gasteiger partial charge in [-0.2, -0.15) is 5.10 Å². The number of amides is 1. The lowest BCUT2D eigenvalue weighted by Gasteiger charge is -2.23. The number of carbonyl (C=O) groups excluding carboxylic acids is 1. The lowest BCUT2D eigenvalue weighted by atomic mass is 9.88. The molecule has 0 spiro atoms. The van der Waals surface area contributed by atoms with E-state index in [0.29, 0.717) is 0 Å². The van der Waals surface area contributed by atoms with Gasteiger partial charge in [0.2, 0.25) is 5.91 Å². The van der Waals surface area contributed by atoms with E-state index < -0.39 is 0 Å². The van der Waals surface area contributed by atoms with Crippen molar-refractivity contribution < 1.29 is 4.79 Å². The average Bonchev–Trinajstić information content (AvgIpc) is 2.78. The Morgan fingerprint density at radius 2 is 1.86 bits per heavy atom. The number of nitrogens with zero attached hydrogens (tertiary/aromatic N) is 3. The van der Waals surface area contributed by atoms with E-state index in [1.54, 1.807) is 17.1 Å². The van der Waals surface area contributed by atoms with Crippen LogP contribution in [0.2, 0.25) is 0 Å². The zero-order valence-electron chi connectivity index (χ0n) is 13.9. The fourth-order valence-corrected chi connectivity index (χ4v) is 2.83. The van der Waals surface area contributed by atoms with Gasteiger partial charge >= 0.3 is 0 Å². The highest BCUT2D eigenvalue weighted by Crippen LogP contribution is 2.26. The molecule has 0 unspecified atom stereocenters. The molecule has 5 nitrogen and oxygen atoms in total. The predicted molar refractivity (Wildman–Crippen MR) is 86.3 cm³/mol. The minimum absolute atomic E-state index is 0.0388. The van der Waals surface area contributed by atoms with Crippen LogP contribution >= 0.6 is 0 Å². The van der Waals surface area contributed by atoms with Crippen LogP contribution in [-0.2, 0) is 11.8 Å². The van der Waals surface area contributed by atoms with Gasteiger partial charge in [0.1, 0.15) is 0 Å². The Hall–Kier alpha value is -2.17. The second-order valence-electron chi connectivity index (χ2n) is 6.08. The third kappa shape index (κ3) is 3.53. The van der Waals surface area contributed by atoms with Gasteiger partial charge in [-0.3, -0.25) is 14.5 Å². The molecule has 0 bridgehead atoms. The third-order valence-electron chi connectivity index (χ3n) is 3.89. The summed E-state index contributed by atoms with van der Waals surface area (Å²) in [5.74, 6) is 0.0731. The van der Waals surface area contributed by atoms with Crippen LogP contribution in [0.15, 0.2) is 30.7 Å². The second-order valence-corrected chi connectivity index (χ2v) is 6.08. The third-order valence-corrected chi connectivity index (χ3v) is 3.89. The first-order valence-corrected chi connectivity index (χ1v) is 7.60. The average molecular weight is 300 g/mol. The summed E-state index contributed by atoms with van der Waals surface area (Å²) in [6.45, 7) is 8.07. The second kappa shape index (κ2) is 6.73. The van der Waals surface area contributed by atoms with Crippen molar-refractivity contribution in [3.63, 3.8) is 0 Å². The molecule has 2 rings (SSSR count). The Morgan fingerprint density at radius 3 is 2.36 bits per heavy atom. The van der Waals surface area contributed by atoms with Gasteiger partial charge in [-0.05, 0) is 37.5 Å². The standard InChI is InChI=1S/C17H24N4O/c1-11(2)16(14-6-8-18-9-7-14)17(22)19-12(3)15-10-21(5)20-13(15)4/h6-12,16H,1-5H3,(H,19,22)/t12-,16+/m0/s1. The number of rotatable bonds is 5. The first-order valence-electron chi connectivity index (χ1n) is 7.60. The molecule has 2 atom stereocenters. The molecule has 0 aliphatic heterocycles. The number of aryl methyl sites for hydroxylation is 2. The SMILES string of the molecule is Cc1nn(C)cc1[C@H](C)NC(=O)[C@@H](c1ccncc1)C(C)C. The van der Waals surface area contributed by atoms with Crippen LogP contribution in [0.3, 0.4) is 0 Å². The lowest BCUT2D eigenvalue weighted by Crippen LogP contribution is -2.34. The molecular formula is C17H24N4O. The number of hydrogen-bond donors (Lipinski definition) is 1. The summed E-state index contributed by atoms with van der Waals surface area (Å²) < 4.78 is 1.77. The number of aromatic nitrogens is 3. The minimum Gasteiger partial charge on any atom is -0.349 e. The van der Waals surface area contributed by atoms with Crippen LogP contribution in [0.4, 0.5) is 0 Å². The normalized spacial score (nSPS) is 13.9. The largest absolute Gasteiger partial charge is 0.349 e. The highest BCUT2D eigenvalue weighted by molar-refractivity contribution is 5.84. The van der Waals surface area contributed by atoms with Crippen molar-refractivity contribution in [1.29, 1.82) is 0 Å². The van der Waals surface area contributed by atoms with E-state index in [4.69, 9.17) is 0 Å². The molecule has 0 radical (unpaired) electrons. The summed E-state index contributed by atoms with van der Waals surface area (Å²) in [6.07, 6.45) is 5.41. The molecule has 0 fully saturated rings. The van der Waals surface area contributed by atoms with Gasteiger partial charge in [0, 0.05) is 31.2 Å². The summed E-state index contributed by atoms with van der Waals surface area (Å²) in [6, 6.07) is 3.75. The fourth-order valence-electron chi connectivity index (χ4n) is 2.83. The predicted octanol–water partition coefficient (Wildman–Crippen LogP) is 2.74. The van der Waals surface area contributed by atoms with Gasteiger partial charge in [-0.25, -0.2) is 0 Å². The van der Waals surface area contributed by atoms with E-state index in [0.717, 1.165) is 16.8 Å². The summed E-state index contributed by atoms with van der Waals surface area (Å²) in [5, 5.41) is 7.45. The highest BCUT2D eigenvalue weighted by atomic mass is 16.2. The zero-order valence-corrected chi connectivity index (χ0v) is 13.9. The molecule has 2 aromatic rings. The fraction of sp³-hybridized carbons (Fsp3) is 0.471. The van der Waals surface area contributed by atoms with Gasteiger partial charge in [-0.15, -0.1) is 0 Å². The van der Waals surface area contributed by atoms with Crippen LogP contribution in [0, 0.1) is 12.8 Å². The zero-order chi connectivity index (χ0) is 16.3. The first kappa shape index (κ1) is 16.2. The van der Waals surface area contributed by atoms with E-state index in [1.165, 1.54) is 0 Å². The monoisotopic (exact) mass is 300 g/mol. The van der Waals surface area contributed by atoms with Crippen LogP contribution in [0.5, 0.6) is 0 Å². The van der Waals surface area contributed by atoms with E-state index >= 15 is 0 Å². The maximum absolute atomic E-state index is 12.7. The molecule has 2 aromatic heterocycles. The van der Waals surface area contributed by atoms with Crippen molar-refractivity contribution in [2.45, 2.75) is 39.7 Å². The molecule has 118 valence electrons. The Balaban J connectivity index is 2.17. The van der Waals surface area contributed by atoms with Crippen molar-refractivity contribution >= 4 is 5.91 Å². The van der Waals surface area contributed by atoms with Gasteiger partial charge < -0.3 is 5.32 Å². The quantitative estimate of drug-likeness (QED) is 0.923. The van der Waals surface area contributed by atoms with Crippen LogP contribution in [0.25, 0.3) is 0 Å². The summed E-state index contributed by atoms with van der Waals surface area (Å²) in [4.78, 5) is 16.8. The molecule has 0 saturated heterocycles. The molecule has 0 aliphatic rings. The van der Waals surface area contributed by atoms with Crippen molar-refractivity contribution in [1.82, 2.24) is 20.1 Å². The van der Waals surface area contributed by atoms with Gasteiger partial charge in [0.15, 0.2) is 0 Å². The Morgan fingerprint density at radius 1 is 1.23 bits per heavy atom. The summed E-state index contributed by atoms with van der Waals surface area (Å²) in [5.41, 5.74) is 2.99. The van der Waals surface area contributed by atoms with E-state index in [1.807, 2.05) is 39.2 Å². The maximum atomic E-state index is 12.7. The van der Waals surface area contributed by atoms with Crippen LogP contribution in [0.1, 0.15) is 49.6 Å². The topological polar surface area (TPSA) is 59.8 Å². The Kier molecular flexibility index (Phi) is 4.96. The molecule has 0 aliphatic carbocycles. The van der Waals surface area contributed by atoms with Gasteiger partial charge in [0.25, 0.3) is 0 Å². The number of carbonyl (C=O) groups is 1. The summed E-state index contributed by atoms with van der Waals surface area (Å²) >= 11 is 0. The maximum Gasteiger partial charge on any atom is 0.228 e. The summed E-state index contributed by atoms with van der Waals surface area (Å²) in [7, 11) is 1.89.